The van der Waals surface area contributed by atoms with Gasteiger partial charge in [-0.1, -0.05) is 0 Å². The average molecular weight is 893 g/mol. The predicted octanol–water partition coefficient (Wildman–Crippen LogP) is -3.81. The molecule has 0 saturated carbocycles. The molecular weight excluding hydrogens is 865 g/mol. The van der Waals surface area contributed by atoms with Crippen LogP contribution in [-0.2, 0) is 54.1 Å². The number of rotatable bonds is 15. The van der Waals surface area contributed by atoms with Crippen LogP contribution in [0.3, 0.4) is 0 Å². The molecule has 5 rings (SSSR count). The van der Waals surface area contributed by atoms with Crippen molar-refractivity contribution in [3.05, 3.63) is 45.8 Å². The van der Waals surface area contributed by atoms with Gasteiger partial charge in [0.1, 0.15) is 48.5 Å². The van der Waals surface area contributed by atoms with Gasteiger partial charge in [-0.05, 0) is 0 Å². The molecule has 0 amide bonds. The molecular formula is C19H28N7O24P5. The fraction of sp³-hybridized carbons (Fsp3) is 0.526. The van der Waals surface area contributed by atoms with Crippen LogP contribution in [0, 0.1) is 0 Å². The maximum absolute atomic E-state index is 12.7. The highest BCUT2D eigenvalue weighted by Gasteiger charge is 2.56. The van der Waals surface area contributed by atoms with E-state index in [9.17, 15) is 82.4 Å². The minimum atomic E-state index is -6.55. The number of H-pyrrole nitrogens is 1. The van der Waals surface area contributed by atoms with Crippen molar-refractivity contribution < 1.29 is 104 Å². The third-order valence-electron chi connectivity index (χ3n) is 7.27. The lowest BCUT2D eigenvalue weighted by Crippen LogP contribution is -2.39. The molecule has 3 aromatic heterocycles. The summed E-state index contributed by atoms with van der Waals surface area (Å²) in [5, 5.41) is 51.7. The van der Waals surface area contributed by atoms with Gasteiger partial charge >= 0.3 is 44.6 Å². The third-order valence-corrected chi connectivity index (χ3v) is 15.4. The molecule has 14 atom stereocenters. The number of nitrogens with zero attached hydrogens (tertiary/aromatic N) is 5. The number of nitrogens with one attached hydrogen (secondary N) is 1. The third kappa shape index (κ3) is 9.80. The topological polar surface area (TPSA) is 477 Å². The first-order valence-electron chi connectivity index (χ1n) is 14.3. The van der Waals surface area contributed by atoms with E-state index in [1.54, 1.807) is 4.98 Å². The van der Waals surface area contributed by atoms with Crippen LogP contribution in [-0.4, -0.2) is 128 Å². The maximum atomic E-state index is 12.7. The largest absolute Gasteiger partial charge is 0.490 e. The molecule has 0 aliphatic carbocycles. The second-order valence-electron chi connectivity index (χ2n) is 11.1. The van der Waals surface area contributed by atoms with Crippen molar-refractivity contribution in [2.45, 2.75) is 54.9 Å². The van der Waals surface area contributed by atoms with E-state index in [0.29, 0.717) is 4.57 Å². The van der Waals surface area contributed by atoms with Crippen molar-refractivity contribution in [2.75, 3.05) is 12.3 Å². The molecule has 2 fully saturated rings. The molecule has 2 aliphatic heterocycles. The standard InChI is InChI=1S/C19H28N7O24P5/c20-14-8-15(22-4-21-14)26(5-23-8)17-11(30)9(28)6(45-17)3-44-52(36,37)48-54(40,41)50-55(42,43)49-53(38,39)47-51(34,35)18(32)13-10(29)12(31)16(46-13)25-2-1-7(27)24-19(25)33/h1-2,4-6,9-13,16-18,28-32H,3H2,(H,34,35)(H,36,37)(H,38,39)(H,40,41)(H,42,43)(H2,20,21,22)(H,24,27,33)/t6-,9-,10+,11-,12-,13+,16-,17-,18?/m1/s1. The number of phosphoric acid groups is 4. The lowest BCUT2D eigenvalue weighted by atomic mass is 10.1. The highest BCUT2D eigenvalue weighted by Crippen LogP contribution is 2.74. The summed E-state index contributed by atoms with van der Waals surface area (Å²) < 4.78 is 93.3. The molecule has 36 heteroatoms. The summed E-state index contributed by atoms with van der Waals surface area (Å²) in [4.78, 5) is 86.1. The van der Waals surface area contributed by atoms with E-state index in [-0.39, 0.29) is 17.0 Å². The lowest BCUT2D eigenvalue weighted by molar-refractivity contribution is -0.0693. The molecule has 0 radical (unpaired) electrons. The molecule has 3 aromatic rings. The molecule has 2 aliphatic rings. The number of phosphoric ester groups is 1. The Hall–Kier alpha value is -2.50. The number of hydrogen-bond donors (Lipinski definition) is 12. The van der Waals surface area contributed by atoms with Gasteiger partial charge in [-0.3, -0.25) is 28.0 Å². The Balaban J connectivity index is 1.17. The zero-order chi connectivity index (χ0) is 41.1. The molecule has 308 valence electrons. The fourth-order valence-corrected chi connectivity index (χ4v) is 12.0. The molecule has 6 unspecified atom stereocenters. The van der Waals surface area contributed by atoms with Gasteiger partial charge in [-0.15, -0.1) is 0 Å². The Morgan fingerprint density at radius 3 is 1.96 bits per heavy atom. The van der Waals surface area contributed by atoms with Crippen molar-refractivity contribution >= 4 is 55.9 Å². The van der Waals surface area contributed by atoms with Gasteiger partial charge in [-0.2, -0.15) is 12.9 Å². The van der Waals surface area contributed by atoms with Gasteiger partial charge in [-0.25, -0.2) is 42.3 Å². The molecule has 2 saturated heterocycles. The number of nitrogen functional groups attached to an aromatic ring is 1. The number of aromatic amines is 1. The van der Waals surface area contributed by atoms with Crippen molar-refractivity contribution in [2.24, 2.45) is 0 Å². The van der Waals surface area contributed by atoms with Crippen molar-refractivity contribution in [1.29, 1.82) is 0 Å². The Morgan fingerprint density at radius 1 is 0.782 bits per heavy atom. The van der Waals surface area contributed by atoms with Gasteiger partial charge < -0.3 is 65.2 Å². The zero-order valence-corrected chi connectivity index (χ0v) is 30.9. The van der Waals surface area contributed by atoms with Gasteiger partial charge in [0.05, 0.1) is 12.9 Å². The lowest BCUT2D eigenvalue weighted by Gasteiger charge is -2.26. The Kier molecular flexibility index (Phi) is 12.4. The fourth-order valence-electron chi connectivity index (χ4n) is 4.95. The first kappa shape index (κ1) is 43.6. The summed E-state index contributed by atoms with van der Waals surface area (Å²) in [6.45, 7) is -1.20. The number of hydrogen-bond acceptors (Lipinski definition) is 23. The Bertz CT molecular complexity index is 2290. The summed E-state index contributed by atoms with van der Waals surface area (Å²) in [5.41, 5.74) is 3.69. The summed E-state index contributed by atoms with van der Waals surface area (Å²) in [5.74, 6) is -3.18. The average Bonchev–Trinajstić information content (AvgIpc) is 3.67. The first-order valence-corrected chi connectivity index (χ1v) is 22.0. The first-order chi connectivity index (χ1) is 25.2. The van der Waals surface area contributed by atoms with E-state index >= 15 is 0 Å². The van der Waals surface area contributed by atoms with Crippen LogP contribution in [0.25, 0.3) is 11.2 Å². The number of anilines is 1. The zero-order valence-electron chi connectivity index (χ0n) is 26.4. The van der Waals surface area contributed by atoms with Gasteiger partial charge in [0.25, 0.3) is 5.56 Å². The highest BCUT2D eigenvalue weighted by atomic mass is 31.3. The summed E-state index contributed by atoms with van der Waals surface area (Å²) in [6, 6.07) is 0.766. The summed E-state index contributed by atoms with van der Waals surface area (Å²) in [6.07, 6.45) is -12.8. The van der Waals surface area contributed by atoms with Crippen molar-refractivity contribution in [3.63, 3.8) is 0 Å². The van der Waals surface area contributed by atoms with Crippen LogP contribution in [0.1, 0.15) is 12.5 Å². The predicted molar refractivity (Wildman–Crippen MR) is 168 cm³/mol. The molecule has 0 bridgehead atoms. The second kappa shape index (κ2) is 15.7. The van der Waals surface area contributed by atoms with E-state index in [1.807, 2.05) is 0 Å². The normalized spacial score (nSPS) is 31.9. The Morgan fingerprint density at radius 2 is 1.35 bits per heavy atom. The van der Waals surface area contributed by atoms with Gasteiger partial charge in [0.2, 0.25) is 0 Å². The number of ether oxygens (including phenoxy) is 2. The smallest absolute Gasteiger partial charge is 0.387 e. The van der Waals surface area contributed by atoms with Crippen LogP contribution in [0.2, 0.25) is 0 Å². The number of aliphatic hydroxyl groups is 5. The van der Waals surface area contributed by atoms with Crippen LogP contribution in [0.4, 0.5) is 5.82 Å². The quantitative estimate of drug-likeness (QED) is 0.0651. The van der Waals surface area contributed by atoms with Crippen molar-refractivity contribution in [1.82, 2.24) is 29.1 Å². The molecule has 13 N–H and O–H groups in total. The minimum absolute atomic E-state index is 0.0316. The van der Waals surface area contributed by atoms with Crippen molar-refractivity contribution in [3.8, 4) is 0 Å². The number of aromatic nitrogens is 6. The molecule has 5 heterocycles. The van der Waals surface area contributed by atoms with Crippen LogP contribution < -0.4 is 17.0 Å². The van der Waals surface area contributed by atoms with E-state index in [1.165, 1.54) is 0 Å². The SMILES string of the molecule is Nc1ncnc2c1ncn2[C@@H]1O[C@H](COP(=O)(O)OP(=O)(O)OP(=O)(O)OP(=O)(O)OP(=O)(O)C(O)[C@H]2O[C@@H](n3ccc(=O)[nH]c3=O)[C@H](O)[C@@H]2O)[C@@H](O)[C@H]1O. The van der Waals surface area contributed by atoms with E-state index in [4.69, 9.17) is 15.2 Å². The highest BCUT2D eigenvalue weighted by molar-refractivity contribution is 7.72. The van der Waals surface area contributed by atoms with E-state index in [0.717, 1.165) is 29.5 Å². The van der Waals surface area contributed by atoms with Crippen LogP contribution in [0.15, 0.2) is 34.5 Å². The molecule has 31 nitrogen and oxygen atoms in total. The number of imidazole rings is 1. The Labute approximate surface area is 302 Å². The molecule has 0 aromatic carbocycles. The number of fused-ring (bicyclic) bond motifs is 1. The number of aliphatic hydroxyl groups excluding tert-OH is 5. The molecule has 55 heavy (non-hydrogen) atoms. The monoisotopic (exact) mass is 893 g/mol. The summed E-state index contributed by atoms with van der Waals surface area (Å²) in [7, 11) is -31.5. The van der Waals surface area contributed by atoms with Crippen LogP contribution in [0.5, 0.6) is 0 Å². The number of nitrogens with two attached hydrogens (primary N) is 1. The van der Waals surface area contributed by atoms with Gasteiger partial charge in [0, 0.05) is 12.3 Å². The van der Waals surface area contributed by atoms with E-state index < -0.39 is 112 Å². The minimum Gasteiger partial charge on any atom is -0.387 e. The van der Waals surface area contributed by atoms with E-state index in [2.05, 4.69) is 36.7 Å². The maximum Gasteiger partial charge on any atom is 0.490 e. The molecule has 0 spiro atoms. The van der Waals surface area contributed by atoms with Crippen LogP contribution >= 0.6 is 38.9 Å². The van der Waals surface area contributed by atoms with Gasteiger partial charge in [0.15, 0.2) is 29.8 Å². The summed E-state index contributed by atoms with van der Waals surface area (Å²) >= 11 is 0. The second-order valence-corrected chi connectivity index (χ2v) is 19.4.